The van der Waals surface area contributed by atoms with Gasteiger partial charge in [0.25, 0.3) is 0 Å². The van der Waals surface area contributed by atoms with Crippen LogP contribution in [0, 0.1) is 0 Å². The van der Waals surface area contributed by atoms with Crippen LogP contribution in [0.1, 0.15) is 24.0 Å². The molecule has 0 saturated carbocycles. The van der Waals surface area contributed by atoms with E-state index in [1.165, 1.54) is 31.4 Å². The average Bonchev–Trinajstić information content (AvgIpc) is 3.21. The van der Waals surface area contributed by atoms with Crippen LogP contribution in [0.2, 0.25) is 0 Å². The zero-order valence-corrected chi connectivity index (χ0v) is 17.0. The number of carboxylic acid groups (broad SMARTS) is 1. The minimum atomic E-state index is -4.62. The molecule has 0 radical (unpaired) electrons. The summed E-state index contributed by atoms with van der Waals surface area (Å²) in [5.41, 5.74) is -1.54. The van der Waals surface area contributed by atoms with E-state index in [1.807, 2.05) is 0 Å². The van der Waals surface area contributed by atoms with E-state index >= 15 is 0 Å². The molecule has 0 spiro atoms. The molecule has 0 atom stereocenters. The standard InChI is InChI=1S/C22H21F3N2O5/c1-31-16-8-9-18(17(12-16)22(23,24)25)32-15-6-4-14(5-7-15)13-26-19(28)21(27-20(29)30)10-2-3-11-21/h2-9,12,27H,10-11,13H2,1H3,(H,26,28)(H,29,30). The van der Waals surface area contributed by atoms with Crippen LogP contribution in [0.25, 0.3) is 0 Å². The Balaban J connectivity index is 1.66. The molecule has 0 heterocycles. The lowest BCUT2D eigenvalue weighted by atomic mass is 9.95. The van der Waals surface area contributed by atoms with Crippen LogP contribution in [0.3, 0.4) is 0 Å². The molecule has 0 bridgehead atoms. The second-order valence-electron chi connectivity index (χ2n) is 7.18. The lowest BCUT2D eigenvalue weighted by Crippen LogP contribution is -2.56. The average molecular weight is 450 g/mol. The Hall–Kier alpha value is -3.69. The number of hydrogen-bond acceptors (Lipinski definition) is 4. The molecule has 7 nitrogen and oxygen atoms in total. The third-order valence-corrected chi connectivity index (χ3v) is 4.98. The van der Waals surface area contributed by atoms with Crippen LogP contribution >= 0.6 is 0 Å². The number of halogens is 3. The highest BCUT2D eigenvalue weighted by atomic mass is 19.4. The second-order valence-corrected chi connectivity index (χ2v) is 7.18. The largest absolute Gasteiger partial charge is 0.497 e. The van der Waals surface area contributed by atoms with Gasteiger partial charge in [-0.3, -0.25) is 4.79 Å². The maximum atomic E-state index is 13.3. The zero-order valence-electron chi connectivity index (χ0n) is 17.0. The highest BCUT2D eigenvalue weighted by molar-refractivity contribution is 5.90. The van der Waals surface area contributed by atoms with Gasteiger partial charge in [-0.1, -0.05) is 24.3 Å². The van der Waals surface area contributed by atoms with Gasteiger partial charge in [0.15, 0.2) is 0 Å². The fourth-order valence-corrected chi connectivity index (χ4v) is 3.30. The van der Waals surface area contributed by atoms with Crippen molar-refractivity contribution in [2.24, 2.45) is 0 Å². The molecule has 32 heavy (non-hydrogen) atoms. The highest BCUT2D eigenvalue weighted by Crippen LogP contribution is 2.40. The van der Waals surface area contributed by atoms with Crippen molar-refractivity contribution in [1.29, 1.82) is 0 Å². The SMILES string of the molecule is COc1ccc(Oc2ccc(CNC(=O)C3(NC(=O)O)CC=CC3)cc2)c(C(F)(F)F)c1. The fourth-order valence-electron chi connectivity index (χ4n) is 3.30. The van der Waals surface area contributed by atoms with E-state index in [0.717, 1.165) is 6.07 Å². The number of hydrogen-bond donors (Lipinski definition) is 3. The first-order valence-corrected chi connectivity index (χ1v) is 9.59. The Morgan fingerprint density at radius 2 is 1.69 bits per heavy atom. The number of nitrogens with one attached hydrogen (secondary N) is 2. The van der Waals surface area contributed by atoms with Crippen molar-refractivity contribution in [2.75, 3.05) is 7.11 Å². The molecule has 1 aliphatic rings. The summed E-state index contributed by atoms with van der Waals surface area (Å²) in [6, 6.07) is 9.56. The molecule has 10 heteroatoms. The fraction of sp³-hybridized carbons (Fsp3) is 0.273. The van der Waals surface area contributed by atoms with Crippen molar-refractivity contribution in [3.8, 4) is 17.2 Å². The van der Waals surface area contributed by atoms with Crippen molar-refractivity contribution < 1.29 is 37.3 Å². The summed E-state index contributed by atoms with van der Waals surface area (Å²) >= 11 is 0. The zero-order chi connectivity index (χ0) is 23.4. The van der Waals surface area contributed by atoms with Gasteiger partial charge in [0.05, 0.1) is 7.11 Å². The molecule has 0 fully saturated rings. The normalized spacial score (nSPS) is 14.6. The van der Waals surface area contributed by atoms with Gasteiger partial charge in [0.1, 0.15) is 28.4 Å². The maximum Gasteiger partial charge on any atom is 0.420 e. The second kappa shape index (κ2) is 9.21. The summed E-state index contributed by atoms with van der Waals surface area (Å²) in [6.45, 7) is 0.110. The minimum Gasteiger partial charge on any atom is -0.497 e. The highest BCUT2D eigenvalue weighted by Gasteiger charge is 2.40. The summed E-state index contributed by atoms with van der Waals surface area (Å²) in [5.74, 6) is -0.587. The molecule has 1 aliphatic carbocycles. The molecule has 0 aliphatic heterocycles. The minimum absolute atomic E-state index is 0.0587. The number of amides is 2. The smallest absolute Gasteiger partial charge is 0.420 e. The quantitative estimate of drug-likeness (QED) is 0.541. The van der Waals surface area contributed by atoms with Crippen LogP contribution in [0.15, 0.2) is 54.6 Å². The molecule has 3 rings (SSSR count). The molecule has 170 valence electrons. The van der Waals surface area contributed by atoms with E-state index in [9.17, 15) is 22.8 Å². The van der Waals surface area contributed by atoms with Gasteiger partial charge in [-0.25, -0.2) is 4.79 Å². The predicted octanol–water partition coefficient (Wildman–Crippen LogP) is 4.48. The molecular weight excluding hydrogens is 429 g/mol. The van der Waals surface area contributed by atoms with E-state index in [2.05, 4.69) is 10.6 Å². The van der Waals surface area contributed by atoms with Crippen LogP contribution in [-0.4, -0.2) is 29.8 Å². The summed E-state index contributed by atoms with van der Waals surface area (Å²) in [7, 11) is 1.27. The molecular formula is C22H21F3N2O5. The van der Waals surface area contributed by atoms with E-state index in [4.69, 9.17) is 14.6 Å². The van der Waals surface area contributed by atoms with E-state index < -0.39 is 29.3 Å². The van der Waals surface area contributed by atoms with Crippen molar-refractivity contribution in [3.63, 3.8) is 0 Å². The number of alkyl halides is 3. The summed E-state index contributed by atoms with van der Waals surface area (Å²) in [4.78, 5) is 23.6. The number of carbonyl (C=O) groups is 2. The molecule has 2 aromatic carbocycles. The van der Waals surface area contributed by atoms with Gasteiger partial charge >= 0.3 is 12.3 Å². The topological polar surface area (TPSA) is 96.9 Å². The van der Waals surface area contributed by atoms with E-state index in [1.54, 1.807) is 24.3 Å². The lowest BCUT2D eigenvalue weighted by molar-refractivity contribution is -0.138. The monoisotopic (exact) mass is 450 g/mol. The Kier molecular flexibility index (Phi) is 6.61. The third kappa shape index (κ3) is 5.32. The Morgan fingerprint density at radius 1 is 1.06 bits per heavy atom. The first kappa shape index (κ1) is 23.0. The van der Waals surface area contributed by atoms with Gasteiger partial charge in [-0.15, -0.1) is 0 Å². The number of rotatable bonds is 7. The molecule has 0 unspecified atom stereocenters. The summed E-state index contributed by atoms with van der Waals surface area (Å²) < 4.78 is 50.2. The van der Waals surface area contributed by atoms with Crippen LogP contribution in [-0.2, 0) is 17.5 Å². The van der Waals surface area contributed by atoms with Crippen molar-refractivity contribution in [2.45, 2.75) is 31.1 Å². The first-order valence-electron chi connectivity index (χ1n) is 9.59. The van der Waals surface area contributed by atoms with Crippen molar-refractivity contribution in [3.05, 3.63) is 65.7 Å². The molecule has 3 N–H and O–H groups in total. The molecule has 2 amide bonds. The van der Waals surface area contributed by atoms with Gasteiger partial charge in [0.2, 0.25) is 5.91 Å². The summed E-state index contributed by atoms with van der Waals surface area (Å²) in [5, 5.41) is 14.0. The van der Waals surface area contributed by atoms with Crippen molar-refractivity contribution in [1.82, 2.24) is 10.6 Å². The molecule has 0 saturated heterocycles. The van der Waals surface area contributed by atoms with Gasteiger partial charge < -0.3 is 25.2 Å². The van der Waals surface area contributed by atoms with E-state index in [-0.39, 0.29) is 36.6 Å². The van der Waals surface area contributed by atoms with Crippen LogP contribution in [0.4, 0.5) is 18.0 Å². The van der Waals surface area contributed by atoms with Gasteiger partial charge in [-0.05, 0) is 48.7 Å². The number of methoxy groups -OCH3 is 1. The van der Waals surface area contributed by atoms with Gasteiger partial charge in [0, 0.05) is 6.54 Å². The Labute approximate surface area is 181 Å². The molecule has 2 aromatic rings. The molecule has 0 aromatic heterocycles. The Bertz CT molecular complexity index is 1010. The number of carbonyl (C=O) groups excluding carboxylic acids is 1. The van der Waals surface area contributed by atoms with Gasteiger partial charge in [-0.2, -0.15) is 13.2 Å². The van der Waals surface area contributed by atoms with Crippen molar-refractivity contribution >= 4 is 12.0 Å². The van der Waals surface area contributed by atoms with E-state index in [0.29, 0.717) is 5.56 Å². The van der Waals surface area contributed by atoms with Crippen LogP contribution < -0.4 is 20.1 Å². The predicted molar refractivity (Wildman–Crippen MR) is 109 cm³/mol. The maximum absolute atomic E-state index is 13.3. The number of benzene rings is 2. The lowest BCUT2D eigenvalue weighted by Gasteiger charge is -2.27. The first-order chi connectivity index (χ1) is 15.1. The van der Waals surface area contributed by atoms with Crippen LogP contribution in [0.5, 0.6) is 17.2 Å². The summed E-state index contributed by atoms with van der Waals surface area (Å²) in [6.07, 6.45) is -1.94. The number of ether oxygens (including phenoxy) is 2. The Morgan fingerprint density at radius 3 is 2.25 bits per heavy atom. The third-order valence-electron chi connectivity index (χ3n) is 4.98.